The summed E-state index contributed by atoms with van der Waals surface area (Å²) >= 11 is 0. The van der Waals surface area contributed by atoms with Crippen LogP contribution < -0.4 is 20.5 Å². The Morgan fingerprint density at radius 3 is 2.33 bits per heavy atom. The van der Waals surface area contributed by atoms with Gasteiger partial charge in [-0.05, 0) is 42.7 Å². The molecule has 0 aliphatic heterocycles. The normalized spacial score (nSPS) is 11.9. The van der Waals surface area contributed by atoms with Gasteiger partial charge in [0.15, 0.2) is 6.10 Å². The van der Waals surface area contributed by atoms with E-state index in [9.17, 15) is 4.79 Å². The predicted molar refractivity (Wildman–Crippen MR) is 96.7 cm³/mol. The fraction of sp³-hybridized carbons (Fsp3) is 0.316. The van der Waals surface area contributed by atoms with E-state index in [1.54, 1.807) is 25.1 Å². The second kappa shape index (κ2) is 7.73. The molecule has 0 saturated heterocycles. The molecule has 0 spiro atoms. The highest BCUT2D eigenvalue weighted by Crippen LogP contribution is 2.27. The molecule has 3 N–H and O–H groups in total. The minimum atomic E-state index is -0.642. The van der Waals surface area contributed by atoms with Gasteiger partial charge in [0, 0.05) is 11.8 Å². The van der Waals surface area contributed by atoms with Crippen molar-refractivity contribution < 1.29 is 14.3 Å². The van der Waals surface area contributed by atoms with Gasteiger partial charge in [0.05, 0.1) is 12.8 Å². The Labute approximate surface area is 142 Å². The molecule has 1 unspecified atom stereocenters. The number of amides is 1. The Morgan fingerprint density at radius 1 is 1.08 bits per heavy atom. The average molecular weight is 328 g/mol. The maximum absolute atomic E-state index is 12.3. The number of methoxy groups -OCH3 is 1. The SMILES string of the molecule is COc1cc(N)ccc1NC(=O)C(C)Oc1ccc(C(C)C)cc1. The third kappa shape index (κ3) is 4.41. The molecule has 0 aliphatic rings. The summed E-state index contributed by atoms with van der Waals surface area (Å²) in [7, 11) is 1.53. The minimum absolute atomic E-state index is 0.258. The van der Waals surface area contributed by atoms with E-state index in [4.69, 9.17) is 15.2 Å². The van der Waals surface area contributed by atoms with Gasteiger partial charge in [0.25, 0.3) is 5.91 Å². The maximum Gasteiger partial charge on any atom is 0.265 e. The Balaban J connectivity index is 2.02. The molecular formula is C19H24N2O3. The first-order valence-electron chi connectivity index (χ1n) is 7.91. The Morgan fingerprint density at radius 2 is 1.75 bits per heavy atom. The molecule has 5 nitrogen and oxygen atoms in total. The number of anilines is 2. The summed E-state index contributed by atoms with van der Waals surface area (Å²) in [5.41, 5.74) is 8.07. The van der Waals surface area contributed by atoms with Crippen molar-refractivity contribution in [1.29, 1.82) is 0 Å². The number of nitrogens with two attached hydrogens (primary N) is 1. The molecule has 1 amide bonds. The highest BCUT2D eigenvalue weighted by atomic mass is 16.5. The summed E-state index contributed by atoms with van der Waals surface area (Å²) in [6, 6.07) is 12.8. The van der Waals surface area contributed by atoms with E-state index in [-0.39, 0.29) is 5.91 Å². The van der Waals surface area contributed by atoms with Gasteiger partial charge < -0.3 is 20.5 Å². The van der Waals surface area contributed by atoms with Crippen LogP contribution in [0.25, 0.3) is 0 Å². The van der Waals surface area contributed by atoms with E-state index in [0.717, 1.165) is 0 Å². The van der Waals surface area contributed by atoms with Crippen molar-refractivity contribution in [2.45, 2.75) is 32.8 Å². The zero-order valence-electron chi connectivity index (χ0n) is 14.5. The molecule has 0 bridgehead atoms. The van der Waals surface area contributed by atoms with Crippen molar-refractivity contribution >= 4 is 17.3 Å². The summed E-state index contributed by atoms with van der Waals surface area (Å²) in [5, 5.41) is 2.79. The fourth-order valence-corrected chi connectivity index (χ4v) is 2.23. The predicted octanol–water partition coefficient (Wildman–Crippen LogP) is 3.81. The van der Waals surface area contributed by atoms with Gasteiger partial charge in [-0.2, -0.15) is 0 Å². The number of nitrogens with one attached hydrogen (secondary N) is 1. The highest BCUT2D eigenvalue weighted by Gasteiger charge is 2.17. The Kier molecular flexibility index (Phi) is 5.68. The van der Waals surface area contributed by atoms with Gasteiger partial charge in [-0.15, -0.1) is 0 Å². The largest absolute Gasteiger partial charge is 0.494 e. The molecular weight excluding hydrogens is 304 g/mol. The van der Waals surface area contributed by atoms with Gasteiger partial charge in [0.1, 0.15) is 11.5 Å². The summed E-state index contributed by atoms with van der Waals surface area (Å²) in [4.78, 5) is 12.3. The third-order valence-electron chi connectivity index (χ3n) is 3.71. The van der Waals surface area contributed by atoms with Gasteiger partial charge >= 0.3 is 0 Å². The molecule has 2 rings (SSSR count). The van der Waals surface area contributed by atoms with E-state index in [2.05, 4.69) is 19.2 Å². The van der Waals surface area contributed by atoms with Crippen LogP contribution in [0.2, 0.25) is 0 Å². The molecule has 0 radical (unpaired) electrons. The molecule has 24 heavy (non-hydrogen) atoms. The van der Waals surface area contributed by atoms with Crippen molar-refractivity contribution in [3.8, 4) is 11.5 Å². The van der Waals surface area contributed by atoms with Crippen LogP contribution in [0.4, 0.5) is 11.4 Å². The van der Waals surface area contributed by atoms with E-state index >= 15 is 0 Å². The number of hydrogen-bond donors (Lipinski definition) is 2. The first-order chi connectivity index (χ1) is 11.4. The van der Waals surface area contributed by atoms with Crippen LogP contribution in [0.3, 0.4) is 0 Å². The molecule has 0 fully saturated rings. The number of carbonyl (C=O) groups is 1. The second-order valence-electron chi connectivity index (χ2n) is 5.93. The van der Waals surface area contributed by atoms with Crippen molar-refractivity contribution in [2.75, 3.05) is 18.2 Å². The number of hydrogen-bond acceptors (Lipinski definition) is 4. The number of carbonyl (C=O) groups excluding carboxylic acids is 1. The maximum atomic E-state index is 12.3. The van der Waals surface area contributed by atoms with Crippen molar-refractivity contribution in [3.63, 3.8) is 0 Å². The van der Waals surface area contributed by atoms with Crippen LogP contribution >= 0.6 is 0 Å². The lowest BCUT2D eigenvalue weighted by Gasteiger charge is -2.17. The molecule has 0 saturated carbocycles. The van der Waals surface area contributed by atoms with E-state index in [1.807, 2.05) is 24.3 Å². The van der Waals surface area contributed by atoms with Gasteiger partial charge in [-0.25, -0.2) is 0 Å². The van der Waals surface area contributed by atoms with Crippen LogP contribution in [0.5, 0.6) is 11.5 Å². The molecule has 0 aliphatic carbocycles. The average Bonchev–Trinajstić information content (AvgIpc) is 2.56. The minimum Gasteiger partial charge on any atom is -0.494 e. The van der Waals surface area contributed by atoms with E-state index in [0.29, 0.717) is 28.8 Å². The van der Waals surface area contributed by atoms with Crippen LogP contribution in [0.1, 0.15) is 32.3 Å². The number of benzene rings is 2. The first kappa shape index (κ1) is 17.7. The smallest absolute Gasteiger partial charge is 0.265 e. The van der Waals surface area contributed by atoms with Crippen molar-refractivity contribution in [1.82, 2.24) is 0 Å². The summed E-state index contributed by atoms with van der Waals surface area (Å²) in [5.74, 6) is 1.37. The quantitative estimate of drug-likeness (QED) is 0.791. The van der Waals surface area contributed by atoms with Crippen LogP contribution in [-0.2, 0) is 4.79 Å². The lowest BCUT2D eigenvalue weighted by Crippen LogP contribution is -2.30. The molecule has 0 heterocycles. The monoisotopic (exact) mass is 328 g/mol. The number of nitrogen functional groups attached to an aromatic ring is 1. The summed E-state index contributed by atoms with van der Waals surface area (Å²) < 4.78 is 10.9. The molecule has 2 aromatic carbocycles. The van der Waals surface area contributed by atoms with Crippen molar-refractivity contribution in [3.05, 3.63) is 48.0 Å². The number of ether oxygens (including phenoxy) is 2. The summed E-state index contributed by atoms with van der Waals surface area (Å²) in [6.07, 6.45) is -0.642. The summed E-state index contributed by atoms with van der Waals surface area (Å²) in [6.45, 7) is 5.97. The molecule has 2 aromatic rings. The first-order valence-corrected chi connectivity index (χ1v) is 7.91. The van der Waals surface area contributed by atoms with Gasteiger partial charge in [-0.3, -0.25) is 4.79 Å². The third-order valence-corrected chi connectivity index (χ3v) is 3.71. The highest BCUT2D eigenvalue weighted by molar-refractivity contribution is 5.95. The van der Waals surface area contributed by atoms with Crippen LogP contribution in [-0.4, -0.2) is 19.1 Å². The zero-order valence-corrected chi connectivity index (χ0v) is 14.5. The van der Waals surface area contributed by atoms with Gasteiger partial charge in [-0.1, -0.05) is 26.0 Å². The van der Waals surface area contributed by atoms with E-state index < -0.39 is 6.10 Å². The van der Waals surface area contributed by atoms with Gasteiger partial charge in [0.2, 0.25) is 0 Å². The van der Waals surface area contributed by atoms with Crippen LogP contribution in [0, 0.1) is 0 Å². The molecule has 0 aromatic heterocycles. The number of rotatable bonds is 6. The molecule has 128 valence electrons. The van der Waals surface area contributed by atoms with Crippen LogP contribution in [0.15, 0.2) is 42.5 Å². The molecule has 1 atom stereocenters. The Bertz CT molecular complexity index is 696. The Hall–Kier alpha value is -2.69. The van der Waals surface area contributed by atoms with E-state index in [1.165, 1.54) is 12.7 Å². The second-order valence-corrected chi connectivity index (χ2v) is 5.93. The molecule has 5 heteroatoms. The topological polar surface area (TPSA) is 73.6 Å². The van der Waals surface area contributed by atoms with Crippen molar-refractivity contribution in [2.24, 2.45) is 0 Å². The fourth-order valence-electron chi connectivity index (χ4n) is 2.23. The lowest BCUT2D eigenvalue weighted by molar-refractivity contribution is -0.122. The zero-order chi connectivity index (χ0) is 17.7. The lowest BCUT2D eigenvalue weighted by atomic mass is 10.0. The standard InChI is InChI=1S/C19H24N2O3/c1-12(2)14-5-8-16(9-6-14)24-13(3)19(22)21-17-10-7-15(20)11-18(17)23-4/h5-13H,20H2,1-4H3,(H,21,22).